The first kappa shape index (κ1) is 17.1. The van der Waals surface area contributed by atoms with E-state index < -0.39 is 11.6 Å². The van der Waals surface area contributed by atoms with Gasteiger partial charge in [0.15, 0.2) is 0 Å². The topological polar surface area (TPSA) is 116 Å². The molecule has 134 valence electrons. The lowest BCUT2D eigenvalue weighted by Gasteiger charge is -2.46. The standard InChI is InChI=1S/C17H23N5O3/c1-24-11-6-7-13(12(10-11)14(23)25-2)22-16(19)20-15(18)21-17(22)8-4-3-5-9-17/h6-7,10H,3-5,8-9H2,1-2H3,(H4,18,19,20,21). The second-order valence-electron chi connectivity index (χ2n) is 6.19. The van der Waals surface area contributed by atoms with Crippen LogP contribution >= 0.6 is 0 Å². The van der Waals surface area contributed by atoms with E-state index >= 15 is 0 Å². The van der Waals surface area contributed by atoms with Crippen molar-refractivity contribution in [3.8, 4) is 5.75 Å². The van der Waals surface area contributed by atoms with Crippen molar-refractivity contribution in [2.45, 2.75) is 37.8 Å². The van der Waals surface area contributed by atoms with Gasteiger partial charge in [-0.15, -0.1) is 0 Å². The van der Waals surface area contributed by atoms with Crippen LogP contribution in [-0.4, -0.2) is 37.8 Å². The second-order valence-corrected chi connectivity index (χ2v) is 6.19. The average molecular weight is 345 g/mol. The molecule has 0 bridgehead atoms. The number of anilines is 1. The Hall–Kier alpha value is -2.77. The molecule has 1 aliphatic carbocycles. The summed E-state index contributed by atoms with van der Waals surface area (Å²) in [4.78, 5) is 22.9. The van der Waals surface area contributed by atoms with Crippen molar-refractivity contribution in [3.63, 3.8) is 0 Å². The van der Waals surface area contributed by atoms with Gasteiger partial charge in [-0.25, -0.2) is 9.79 Å². The number of carbonyl (C=O) groups is 1. The van der Waals surface area contributed by atoms with Gasteiger partial charge in [0.1, 0.15) is 11.4 Å². The highest BCUT2D eigenvalue weighted by Crippen LogP contribution is 2.41. The molecule has 0 saturated heterocycles. The minimum atomic E-state index is -0.620. The van der Waals surface area contributed by atoms with Crippen LogP contribution < -0.4 is 21.1 Å². The Balaban J connectivity index is 2.15. The fourth-order valence-corrected chi connectivity index (χ4v) is 3.58. The number of nitrogens with two attached hydrogens (primary N) is 2. The number of aliphatic imine (C=N–C) groups is 2. The molecule has 1 fully saturated rings. The van der Waals surface area contributed by atoms with E-state index in [9.17, 15) is 4.79 Å². The molecule has 0 aromatic heterocycles. The van der Waals surface area contributed by atoms with Crippen LogP contribution in [0.4, 0.5) is 5.69 Å². The first-order chi connectivity index (χ1) is 12.0. The number of benzene rings is 1. The average Bonchev–Trinajstić information content (AvgIpc) is 2.61. The third kappa shape index (κ3) is 2.99. The minimum absolute atomic E-state index is 0.170. The monoisotopic (exact) mass is 345 g/mol. The molecular formula is C17H23N5O3. The highest BCUT2D eigenvalue weighted by molar-refractivity contribution is 6.09. The number of hydrogen-bond acceptors (Lipinski definition) is 8. The lowest BCUT2D eigenvalue weighted by molar-refractivity contribution is 0.0601. The molecule has 3 rings (SSSR count). The van der Waals surface area contributed by atoms with Gasteiger partial charge >= 0.3 is 5.97 Å². The minimum Gasteiger partial charge on any atom is -0.497 e. The first-order valence-electron chi connectivity index (χ1n) is 8.27. The van der Waals surface area contributed by atoms with Gasteiger partial charge in [0, 0.05) is 0 Å². The zero-order chi connectivity index (χ0) is 18.0. The van der Waals surface area contributed by atoms with Crippen molar-refractivity contribution in [2.24, 2.45) is 21.5 Å². The van der Waals surface area contributed by atoms with E-state index in [1.54, 1.807) is 25.3 Å². The molecule has 2 aliphatic rings. The SMILES string of the molecule is COC(=O)c1cc(OC)ccc1N1C(N)=NC(N)=NC12CCCCC2. The summed E-state index contributed by atoms with van der Waals surface area (Å²) in [6, 6.07) is 5.18. The van der Waals surface area contributed by atoms with E-state index in [0.29, 0.717) is 17.0 Å². The van der Waals surface area contributed by atoms with Crippen LogP contribution in [0.15, 0.2) is 28.2 Å². The Labute approximate surface area is 146 Å². The second kappa shape index (κ2) is 6.62. The first-order valence-corrected chi connectivity index (χ1v) is 8.27. The summed E-state index contributed by atoms with van der Waals surface area (Å²) >= 11 is 0. The van der Waals surface area contributed by atoms with Crippen LogP contribution in [0.25, 0.3) is 0 Å². The van der Waals surface area contributed by atoms with Crippen LogP contribution in [-0.2, 0) is 4.74 Å². The Kier molecular flexibility index (Phi) is 4.52. The fourth-order valence-electron chi connectivity index (χ4n) is 3.58. The van der Waals surface area contributed by atoms with Gasteiger partial charge in [-0.05, 0) is 43.9 Å². The van der Waals surface area contributed by atoms with Crippen molar-refractivity contribution >= 4 is 23.6 Å². The normalized spacial score (nSPS) is 19.2. The quantitative estimate of drug-likeness (QED) is 0.804. The van der Waals surface area contributed by atoms with E-state index in [1.807, 2.05) is 4.90 Å². The summed E-state index contributed by atoms with van der Waals surface area (Å²) in [5.41, 5.74) is 12.4. The number of guanidine groups is 2. The van der Waals surface area contributed by atoms with Gasteiger partial charge in [-0.3, -0.25) is 4.90 Å². The molecule has 1 heterocycles. The Morgan fingerprint density at radius 2 is 1.92 bits per heavy atom. The van der Waals surface area contributed by atoms with Gasteiger partial charge in [-0.1, -0.05) is 6.42 Å². The van der Waals surface area contributed by atoms with Gasteiger partial charge in [-0.2, -0.15) is 4.99 Å². The maximum atomic E-state index is 12.3. The molecule has 1 aromatic rings. The van der Waals surface area contributed by atoms with E-state index in [-0.39, 0.29) is 11.9 Å². The van der Waals surface area contributed by atoms with Crippen molar-refractivity contribution in [3.05, 3.63) is 23.8 Å². The molecule has 25 heavy (non-hydrogen) atoms. The number of hydrogen-bond donors (Lipinski definition) is 2. The molecule has 4 N–H and O–H groups in total. The van der Waals surface area contributed by atoms with E-state index in [0.717, 1.165) is 32.1 Å². The summed E-state index contributed by atoms with van der Waals surface area (Å²) in [5, 5.41) is 0. The summed E-state index contributed by atoms with van der Waals surface area (Å²) < 4.78 is 10.2. The van der Waals surface area contributed by atoms with Crippen LogP contribution in [0.2, 0.25) is 0 Å². The van der Waals surface area contributed by atoms with Crippen molar-refractivity contribution in [1.29, 1.82) is 0 Å². The molecule has 8 nitrogen and oxygen atoms in total. The van der Waals surface area contributed by atoms with Gasteiger partial charge in [0.25, 0.3) is 0 Å². The molecule has 1 spiro atoms. The Bertz CT molecular complexity index is 738. The molecule has 0 radical (unpaired) electrons. The zero-order valence-corrected chi connectivity index (χ0v) is 14.5. The third-order valence-electron chi connectivity index (χ3n) is 4.70. The number of carbonyl (C=O) groups excluding carboxylic acids is 1. The van der Waals surface area contributed by atoms with Crippen LogP contribution in [0, 0.1) is 0 Å². The summed E-state index contributed by atoms with van der Waals surface area (Å²) in [6.07, 6.45) is 4.72. The summed E-state index contributed by atoms with van der Waals surface area (Å²) in [6.45, 7) is 0. The molecule has 1 aliphatic heterocycles. The smallest absolute Gasteiger partial charge is 0.340 e. The molecule has 0 atom stereocenters. The number of nitrogens with zero attached hydrogens (tertiary/aromatic N) is 3. The molecule has 0 amide bonds. The number of rotatable bonds is 3. The Morgan fingerprint density at radius 1 is 1.20 bits per heavy atom. The van der Waals surface area contributed by atoms with Gasteiger partial charge < -0.3 is 20.9 Å². The molecule has 1 saturated carbocycles. The molecule has 0 unspecified atom stereocenters. The van der Waals surface area contributed by atoms with Crippen LogP contribution in [0.3, 0.4) is 0 Å². The highest BCUT2D eigenvalue weighted by atomic mass is 16.5. The van der Waals surface area contributed by atoms with Gasteiger partial charge in [0.2, 0.25) is 11.9 Å². The zero-order valence-electron chi connectivity index (χ0n) is 14.5. The predicted octanol–water partition coefficient (Wildman–Crippen LogP) is 1.59. The van der Waals surface area contributed by atoms with Crippen molar-refractivity contribution in [1.82, 2.24) is 0 Å². The highest BCUT2D eigenvalue weighted by Gasteiger charge is 2.43. The van der Waals surface area contributed by atoms with E-state index in [2.05, 4.69) is 9.98 Å². The largest absolute Gasteiger partial charge is 0.497 e. The lowest BCUT2D eigenvalue weighted by atomic mass is 9.87. The van der Waals surface area contributed by atoms with Crippen molar-refractivity contribution in [2.75, 3.05) is 19.1 Å². The summed E-state index contributed by atoms with van der Waals surface area (Å²) in [7, 11) is 2.88. The van der Waals surface area contributed by atoms with Crippen molar-refractivity contribution < 1.29 is 14.3 Å². The van der Waals surface area contributed by atoms with E-state index in [1.165, 1.54) is 7.11 Å². The van der Waals surface area contributed by atoms with Crippen LogP contribution in [0.5, 0.6) is 5.75 Å². The third-order valence-corrected chi connectivity index (χ3v) is 4.70. The maximum absolute atomic E-state index is 12.3. The number of esters is 1. The van der Waals surface area contributed by atoms with Gasteiger partial charge in [0.05, 0.1) is 25.5 Å². The van der Waals surface area contributed by atoms with Crippen LogP contribution in [0.1, 0.15) is 42.5 Å². The Morgan fingerprint density at radius 3 is 2.56 bits per heavy atom. The molecular weight excluding hydrogens is 322 g/mol. The van der Waals surface area contributed by atoms with E-state index in [4.69, 9.17) is 20.9 Å². The maximum Gasteiger partial charge on any atom is 0.340 e. The number of methoxy groups -OCH3 is 2. The molecule has 8 heteroatoms. The predicted molar refractivity (Wildman–Crippen MR) is 95.9 cm³/mol. The fraction of sp³-hybridized carbons (Fsp3) is 0.471. The molecule has 1 aromatic carbocycles. The lowest BCUT2D eigenvalue weighted by Crippen LogP contribution is -2.58. The number of ether oxygens (including phenoxy) is 2. The summed E-state index contributed by atoms with van der Waals surface area (Å²) in [5.74, 6) is 0.473.